The zero-order valence-corrected chi connectivity index (χ0v) is 4.16. The summed E-state index contributed by atoms with van der Waals surface area (Å²) in [7, 11) is 0. The fraction of sp³-hybridized carbons (Fsp3) is 0. The number of nitrogens with zero attached hydrogens (tertiary/aromatic N) is 1. The molecular formula is C3H3ClN2O. The van der Waals surface area contributed by atoms with Crippen molar-refractivity contribution in [3.63, 3.8) is 0 Å². The molecule has 0 aliphatic carbocycles. The SMILES string of the molecule is Cl.N#CC(=N)C=O. The molecule has 0 saturated carbocycles. The van der Waals surface area contributed by atoms with E-state index in [0.717, 1.165) is 0 Å². The number of nitrogens with one attached hydrogen (secondary N) is 1. The molecule has 38 valence electrons. The van der Waals surface area contributed by atoms with E-state index in [2.05, 4.69) is 0 Å². The van der Waals surface area contributed by atoms with E-state index in [1.807, 2.05) is 0 Å². The third kappa shape index (κ3) is 5.12. The van der Waals surface area contributed by atoms with Gasteiger partial charge in [0.1, 0.15) is 6.07 Å². The smallest absolute Gasteiger partial charge is 0.178 e. The Morgan fingerprint density at radius 1 is 1.86 bits per heavy atom. The molecule has 0 bridgehead atoms. The van der Waals surface area contributed by atoms with E-state index in [1.165, 1.54) is 6.07 Å². The number of carbonyl (C=O) groups is 1. The van der Waals surface area contributed by atoms with Crippen LogP contribution in [0.5, 0.6) is 0 Å². The van der Waals surface area contributed by atoms with Crippen molar-refractivity contribution in [2.24, 2.45) is 0 Å². The van der Waals surface area contributed by atoms with Crippen LogP contribution in [0.1, 0.15) is 0 Å². The van der Waals surface area contributed by atoms with Crippen LogP contribution in [0.4, 0.5) is 0 Å². The van der Waals surface area contributed by atoms with Gasteiger partial charge in [-0.15, -0.1) is 12.4 Å². The molecule has 0 aliphatic rings. The molecule has 0 saturated heterocycles. The van der Waals surface area contributed by atoms with Crippen LogP contribution in [0.2, 0.25) is 0 Å². The fourth-order valence-electron chi connectivity index (χ4n) is 0.0264. The van der Waals surface area contributed by atoms with Gasteiger partial charge < -0.3 is 0 Å². The lowest BCUT2D eigenvalue weighted by Crippen LogP contribution is -1.88. The van der Waals surface area contributed by atoms with E-state index in [0.29, 0.717) is 0 Å². The molecular weight excluding hydrogens is 115 g/mol. The monoisotopic (exact) mass is 118 g/mol. The van der Waals surface area contributed by atoms with Crippen molar-refractivity contribution in [1.82, 2.24) is 0 Å². The highest BCUT2D eigenvalue weighted by molar-refractivity contribution is 6.34. The Balaban J connectivity index is 0. The summed E-state index contributed by atoms with van der Waals surface area (Å²) >= 11 is 0. The molecule has 0 atom stereocenters. The van der Waals surface area contributed by atoms with E-state index in [-0.39, 0.29) is 18.7 Å². The van der Waals surface area contributed by atoms with Gasteiger partial charge in [0.25, 0.3) is 0 Å². The molecule has 0 heterocycles. The number of hydrogen-bond donors (Lipinski definition) is 1. The van der Waals surface area contributed by atoms with Crippen LogP contribution >= 0.6 is 12.4 Å². The minimum atomic E-state index is -0.532. The first-order chi connectivity index (χ1) is 2.81. The van der Waals surface area contributed by atoms with Crippen LogP contribution in [-0.4, -0.2) is 12.0 Å². The van der Waals surface area contributed by atoms with Gasteiger partial charge in [0, 0.05) is 0 Å². The van der Waals surface area contributed by atoms with Gasteiger partial charge in [-0.25, -0.2) is 0 Å². The van der Waals surface area contributed by atoms with Crippen molar-refractivity contribution >= 4 is 24.4 Å². The van der Waals surface area contributed by atoms with E-state index in [1.54, 1.807) is 0 Å². The molecule has 0 unspecified atom stereocenters. The molecule has 0 rings (SSSR count). The summed E-state index contributed by atoms with van der Waals surface area (Å²) in [5.74, 6) is 0. The van der Waals surface area contributed by atoms with Crippen molar-refractivity contribution in [2.45, 2.75) is 0 Å². The Hall–Kier alpha value is -0.880. The van der Waals surface area contributed by atoms with Crippen LogP contribution in [0, 0.1) is 16.7 Å². The molecule has 3 nitrogen and oxygen atoms in total. The largest absolute Gasteiger partial charge is 0.295 e. The summed E-state index contributed by atoms with van der Waals surface area (Å²) in [6.45, 7) is 0. The zero-order valence-electron chi connectivity index (χ0n) is 3.34. The molecule has 0 aromatic rings. The molecule has 0 spiro atoms. The maximum atomic E-state index is 9.29. The van der Waals surface area contributed by atoms with Crippen LogP contribution in [0.3, 0.4) is 0 Å². The van der Waals surface area contributed by atoms with Gasteiger partial charge in [-0.3, -0.25) is 10.2 Å². The summed E-state index contributed by atoms with van der Waals surface area (Å²) in [5.41, 5.74) is -0.532. The fourth-order valence-corrected chi connectivity index (χ4v) is 0.0264. The quantitative estimate of drug-likeness (QED) is 0.394. The molecule has 0 fully saturated rings. The van der Waals surface area contributed by atoms with Crippen molar-refractivity contribution in [3.8, 4) is 6.07 Å². The Labute approximate surface area is 46.9 Å². The zero-order chi connectivity index (χ0) is 4.99. The Morgan fingerprint density at radius 2 is 2.29 bits per heavy atom. The number of rotatable bonds is 1. The first-order valence-electron chi connectivity index (χ1n) is 1.25. The van der Waals surface area contributed by atoms with Crippen molar-refractivity contribution in [3.05, 3.63) is 0 Å². The maximum Gasteiger partial charge on any atom is 0.178 e. The second kappa shape index (κ2) is 5.12. The standard InChI is InChI=1S/C3H2N2O.ClH/c4-1-3(5)2-6;/h2,5H;1H. The van der Waals surface area contributed by atoms with Gasteiger partial charge in [0.05, 0.1) is 0 Å². The molecule has 0 aliphatic heterocycles. The second-order valence-corrected chi connectivity index (χ2v) is 0.643. The number of carbonyl (C=O) groups excluding carboxylic acids is 1. The average molecular weight is 119 g/mol. The van der Waals surface area contributed by atoms with Crippen molar-refractivity contribution in [1.29, 1.82) is 10.7 Å². The molecule has 0 radical (unpaired) electrons. The summed E-state index contributed by atoms with van der Waals surface area (Å²) in [5, 5.41) is 13.9. The predicted molar refractivity (Wildman–Crippen MR) is 26.7 cm³/mol. The van der Waals surface area contributed by atoms with Gasteiger partial charge in [-0.05, 0) is 0 Å². The number of nitriles is 1. The normalized spacial score (nSPS) is 5.00. The third-order valence-electron chi connectivity index (χ3n) is 0.238. The molecule has 0 aromatic carbocycles. The van der Waals surface area contributed by atoms with Crippen LogP contribution in [0.25, 0.3) is 0 Å². The van der Waals surface area contributed by atoms with Crippen LogP contribution in [-0.2, 0) is 4.79 Å². The van der Waals surface area contributed by atoms with Gasteiger partial charge in [0.2, 0.25) is 0 Å². The minimum absolute atomic E-state index is 0. The highest BCUT2D eigenvalue weighted by atomic mass is 35.5. The lowest BCUT2D eigenvalue weighted by molar-refractivity contribution is -0.102. The van der Waals surface area contributed by atoms with E-state index in [9.17, 15) is 4.79 Å². The van der Waals surface area contributed by atoms with Gasteiger partial charge in [-0.2, -0.15) is 5.26 Å². The molecule has 0 amide bonds. The number of hydrogen-bond acceptors (Lipinski definition) is 3. The van der Waals surface area contributed by atoms with Gasteiger partial charge in [0.15, 0.2) is 12.0 Å². The van der Waals surface area contributed by atoms with Crippen LogP contribution in [0.15, 0.2) is 0 Å². The molecule has 0 aromatic heterocycles. The molecule has 7 heavy (non-hydrogen) atoms. The summed E-state index contributed by atoms with van der Waals surface area (Å²) in [6, 6.07) is 1.33. The first-order valence-corrected chi connectivity index (χ1v) is 1.25. The number of halogens is 1. The summed E-state index contributed by atoms with van der Waals surface area (Å²) in [4.78, 5) is 9.29. The predicted octanol–water partition coefficient (Wildman–Crippen LogP) is 0.150. The minimum Gasteiger partial charge on any atom is -0.295 e. The van der Waals surface area contributed by atoms with E-state index < -0.39 is 5.71 Å². The lowest BCUT2D eigenvalue weighted by Gasteiger charge is -1.60. The second-order valence-electron chi connectivity index (χ2n) is 0.643. The highest BCUT2D eigenvalue weighted by Crippen LogP contribution is 1.52. The lowest BCUT2D eigenvalue weighted by atomic mass is 10.5. The van der Waals surface area contributed by atoms with Crippen LogP contribution < -0.4 is 0 Å². The Bertz CT molecular complexity index is 115. The molecule has 1 N–H and O–H groups in total. The van der Waals surface area contributed by atoms with E-state index in [4.69, 9.17) is 10.7 Å². The van der Waals surface area contributed by atoms with Gasteiger partial charge >= 0.3 is 0 Å². The average Bonchev–Trinajstić information content (AvgIpc) is 1.65. The number of aldehydes is 1. The van der Waals surface area contributed by atoms with Crippen molar-refractivity contribution in [2.75, 3.05) is 0 Å². The highest BCUT2D eigenvalue weighted by Gasteiger charge is 1.80. The summed E-state index contributed by atoms with van der Waals surface area (Å²) < 4.78 is 0. The Kier molecular flexibility index (Phi) is 6.91. The topological polar surface area (TPSA) is 64.7 Å². The van der Waals surface area contributed by atoms with E-state index >= 15 is 0 Å². The Morgan fingerprint density at radius 3 is 2.29 bits per heavy atom. The van der Waals surface area contributed by atoms with Crippen molar-refractivity contribution < 1.29 is 4.79 Å². The maximum absolute atomic E-state index is 9.29. The first kappa shape index (κ1) is 9.45. The van der Waals surface area contributed by atoms with Gasteiger partial charge in [-0.1, -0.05) is 0 Å². The molecule has 4 heteroatoms. The third-order valence-corrected chi connectivity index (χ3v) is 0.238. The summed E-state index contributed by atoms with van der Waals surface area (Å²) in [6.07, 6.45) is 0.194.